The first-order valence-corrected chi connectivity index (χ1v) is 5.98. The van der Waals surface area contributed by atoms with Gasteiger partial charge >= 0.3 is 11.9 Å². The third-order valence-electron chi connectivity index (χ3n) is 2.02. The second-order valence-electron chi connectivity index (χ2n) is 5.05. The maximum absolute atomic E-state index is 11.3. The van der Waals surface area contributed by atoms with E-state index >= 15 is 0 Å². The summed E-state index contributed by atoms with van der Waals surface area (Å²) >= 11 is 0. The molecule has 0 unspecified atom stereocenters. The van der Waals surface area contributed by atoms with Crippen molar-refractivity contribution < 1.29 is 24.2 Å². The fraction of sp³-hybridized carbons (Fsp3) is 0.429. The van der Waals surface area contributed by atoms with E-state index in [0.717, 1.165) is 0 Å². The van der Waals surface area contributed by atoms with Gasteiger partial charge in [-0.1, -0.05) is 0 Å². The maximum Gasteiger partial charge on any atom is 0.311 e. The Morgan fingerprint density at radius 2 is 1.58 bits per heavy atom. The molecule has 104 valence electrons. The van der Waals surface area contributed by atoms with Gasteiger partial charge in [-0.2, -0.15) is 0 Å². The molecule has 0 amide bonds. The largest absolute Gasteiger partial charge is 0.488 e. The van der Waals surface area contributed by atoms with Crippen LogP contribution in [0.15, 0.2) is 24.3 Å². The lowest BCUT2D eigenvalue weighted by Gasteiger charge is -2.21. The maximum atomic E-state index is 11.3. The average Bonchev–Trinajstić information content (AvgIpc) is 2.27. The molecule has 0 bridgehead atoms. The summed E-state index contributed by atoms with van der Waals surface area (Å²) in [5.41, 5.74) is -0.292. The zero-order chi connectivity index (χ0) is 14.5. The Morgan fingerprint density at radius 1 is 1.05 bits per heavy atom. The van der Waals surface area contributed by atoms with Crippen LogP contribution in [-0.4, -0.2) is 22.6 Å². The van der Waals surface area contributed by atoms with Crippen LogP contribution in [0.3, 0.4) is 0 Å². The van der Waals surface area contributed by atoms with Crippen molar-refractivity contribution in [2.24, 2.45) is 0 Å². The molecular weight excluding hydrogens is 248 g/mol. The van der Waals surface area contributed by atoms with Crippen LogP contribution in [0, 0.1) is 0 Å². The normalized spacial score (nSPS) is 10.9. The summed E-state index contributed by atoms with van der Waals surface area (Å²) in [6.07, 6.45) is -0.375. The first kappa shape index (κ1) is 15.0. The summed E-state index contributed by atoms with van der Waals surface area (Å²) in [5, 5.41) is 8.45. The van der Waals surface area contributed by atoms with Crippen LogP contribution in [-0.2, 0) is 9.59 Å². The minimum atomic E-state index is -1.02. The van der Waals surface area contributed by atoms with E-state index in [1.54, 1.807) is 24.3 Å². The molecule has 0 heterocycles. The van der Waals surface area contributed by atoms with E-state index in [9.17, 15) is 9.59 Å². The number of aliphatic carboxylic acids is 1. The van der Waals surface area contributed by atoms with Gasteiger partial charge in [0.15, 0.2) is 0 Å². The van der Waals surface area contributed by atoms with Crippen LogP contribution in [0.5, 0.6) is 11.5 Å². The lowest BCUT2D eigenvalue weighted by molar-refractivity contribution is -0.142. The molecule has 0 aliphatic rings. The van der Waals surface area contributed by atoms with Gasteiger partial charge in [-0.05, 0) is 45.0 Å². The number of hydrogen-bond donors (Lipinski definition) is 1. The van der Waals surface area contributed by atoms with Gasteiger partial charge in [-0.15, -0.1) is 0 Å². The van der Waals surface area contributed by atoms with E-state index in [4.69, 9.17) is 14.6 Å². The average molecular weight is 266 g/mol. The quantitative estimate of drug-likeness (QED) is 0.655. The highest BCUT2D eigenvalue weighted by Gasteiger charge is 2.12. The predicted molar refractivity (Wildman–Crippen MR) is 69.3 cm³/mol. The van der Waals surface area contributed by atoms with Gasteiger partial charge in [-0.3, -0.25) is 9.59 Å². The molecule has 0 atom stereocenters. The highest BCUT2D eigenvalue weighted by Crippen LogP contribution is 2.21. The summed E-state index contributed by atoms with van der Waals surface area (Å²) in [4.78, 5) is 21.6. The summed E-state index contributed by atoms with van der Waals surface area (Å²) in [7, 11) is 0. The number of carboxylic acids is 1. The molecule has 0 saturated carbocycles. The molecule has 0 spiro atoms. The Bertz CT molecular complexity index is 442. The molecule has 1 aromatic carbocycles. The van der Waals surface area contributed by atoms with Gasteiger partial charge < -0.3 is 14.6 Å². The van der Waals surface area contributed by atoms with Crippen molar-refractivity contribution in [1.29, 1.82) is 0 Å². The SMILES string of the molecule is CC(C)(C)Oc1ccc(OC(=O)CCC(=O)O)cc1. The molecule has 0 aliphatic carbocycles. The van der Waals surface area contributed by atoms with Crippen LogP contribution in [0.1, 0.15) is 33.6 Å². The molecule has 5 heteroatoms. The van der Waals surface area contributed by atoms with Crippen LogP contribution >= 0.6 is 0 Å². The molecule has 5 nitrogen and oxygen atoms in total. The standard InChI is InChI=1S/C14H18O5/c1-14(2,3)19-11-6-4-10(5-7-11)18-13(17)9-8-12(15)16/h4-7H,8-9H2,1-3H3,(H,15,16). The van der Waals surface area contributed by atoms with E-state index < -0.39 is 11.9 Å². The number of benzene rings is 1. The number of ether oxygens (including phenoxy) is 2. The molecule has 1 rings (SSSR count). The Balaban J connectivity index is 2.52. The Hall–Kier alpha value is -2.04. The highest BCUT2D eigenvalue weighted by molar-refractivity contribution is 5.78. The van der Waals surface area contributed by atoms with Gasteiger partial charge in [0.2, 0.25) is 0 Å². The number of carboxylic acid groups (broad SMARTS) is 1. The molecular formula is C14H18O5. The smallest absolute Gasteiger partial charge is 0.311 e. The molecule has 0 aromatic heterocycles. The van der Waals surface area contributed by atoms with E-state index in [1.807, 2.05) is 20.8 Å². The number of esters is 1. The second kappa shape index (κ2) is 6.22. The van der Waals surface area contributed by atoms with Gasteiger partial charge in [0, 0.05) is 0 Å². The molecule has 19 heavy (non-hydrogen) atoms. The minimum Gasteiger partial charge on any atom is -0.488 e. The fourth-order valence-electron chi connectivity index (χ4n) is 1.32. The first-order valence-electron chi connectivity index (χ1n) is 5.98. The zero-order valence-corrected chi connectivity index (χ0v) is 11.3. The Labute approximate surface area is 112 Å². The lowest BCUT2D eigenvalue weighted by atomic mass is 10.2. The molecule has 0 saturated heterocycles. The number of hydrogen-bond acceptors (Lipinski definition) is 4. The van der Waals surface area contributed by atoms with E-state index in [0.29, 0.717) is 11.5 Å². The predicted octanol–water partition coefficient (Wildman–Crippen LogP) is 2.63. The van der Waals surface area contributed by atoms with Gasteiger partial charge in [0.1, 0.15) is 17.1 Å². The first-order chi connectivity index (χ1) is 8.76. The fourth-order valence-corrected chi connectivity index (χ4v) is 1.32. The minimum absolute atomic E-state index is 0.143. The van der Waals surface area contributed by atoms with Crippen LogP contribution in [0.4, 0.5) is 0 Å². The van der Waals surface area contributed by atoms with Crippen molar-refractivity contribution >= 4 is 11.9 Å². The topological polar surface area (TPSA) is 72.8 Å². The zero-order valence-electron chi connectivity index (χ0n) is 11.3. The van der Waals surface area contributed by atoms with Gasteiger partial charge in [0.25, 0.3) is 0 Å². The third-order valence-corrected chi connectivity index (χ3v) is 2.02. The molecule has 0 fully saturated rings. The van der Waals surface area contributed by atoms with Crippen molar-refractivity contribution in [3.8, 4) is 11.5 Å². The van der Waals surface area contributed by atoms with Crippen molar-refractivity contribution in [3.63, 3.8) is 0 Å². The van der Waals surface area contributed by atoms with E-state index in [-0.39, 0.29) is 18.4 Å². The number of rotatable bonds is 5. The van der Waals surface area contributed by atoms with Crippen molar-refractivity contribution in [3.05, 3.63) is 24.3 Å². The molecule has 1 N–H and O–H groups in total. The van der Waals surface area contributed by atoms with E-state index in [1.165, 1.54) is 0 Å². The third kappa shape index (κ3) is 6.45. The Kier molecular flexibility index (Phi) is 4.92. The van der Waals surface area contributed by atoms with Gasteiger partial charge in [0.05, 0.1) is 12.8 Å². The monoisotopic (exact) mass is 266 g/mol. The molecule has 1 aromatic rings. The number of carbonyl (C=O) groups is 2. The molecule has 0 aliphatic heterocycles. The summed E-state index contributed by atoms with van der Waals surface area (Å²) in [6, 6.07) is 6.62. The summed E-state index contributed by atoms with van der Waals surface area (Å²) in [6.45, 7) is 5.81. The number of carbonyl (C=O) groups excluding carboxylic acids is 1. The summed E-state index contributed by atoms with van der Waals surface area (Å²) in [5.74, 6) is -0.535. The van der Waals surface area contributed by atoms with Gasteiger partial charge in [-0.25, -0.2) is 0 Å². The van der Waals surface area contributed by atoms with Crippen LogP contribution < -0.4 is 9.47 Å². The van der Waals surface area contributed by atoms with E-state index in [2.05, 4.69) is 0 Å². The second-order valence-corrected chi connectivity index (χ2v) is 5.05. The highest BCUT2D eigenvalue weighted by atomic mass is 16.5. The Morgan fingerprint density at radius 3 is 2.05 bits per heavy atom. The lowest BCUT2D eigenvalue weighted by Crippen LogP contribution is -2.22. The molecule has 0 radical (unpaired) electrons. The van der Waals surface area contributed by atoms with Crippen molar-refractivity contribution in [1.82, 2.24) is 0 Å². The van der Waals surface area contributed by atoms with Crippen molar-refractivity contribution in [2.45, 2.75) is 39.2 Å². The van der Waals surface area contributed by atoms with Crippen molar-refractivity contribution in [2.75, 3.05) is 0 Å². The van der Waals surface area contributed by atoms with Crippen LogP contribution in [0.2, 0.25) is 0 Å². The summed E-state index contributed by atoms with van der Waals surface area (Å²) < 4.78 is 10.6. The van der Waals surface area contributed by atoms with Crippen LogP contribution in [0.25, 0.3) is 0 Å².